The van der Waals surface area contributed by atoms with Crippen LogP contribution in [0.15, 0.2) is 48.7 Å². The number of nitrogens with zero attached hydrogens (tertiary/aromatic N) is 5. The minimum absolute atomic E-state index is 0.0282. The van der Waals surface area contributed by atoms with Crippen molar-refractivity contribution in [1.29, 1.82) is 5.26 Å². The van der Waals surface area contributed by atoms with Crippen LogP contribution >= 0.6 is 0 Å². The maximum absolute atomic E-state index is 14.1. The predicted octanol–water partition coefficient (Wildman–Crippen LogP) is 4.81. The van der Waals surface area contributed by atoms with Crippen molar-refractivity contribution in [3.8, 4) is 17.7 Å². The zero-order valence-corrected chi connectivity index (χ0v) is 22.0. The van der Waals surface area contributed by atoms with Crippen molar-refractivity contribution in [3.05, 3.63) is 77.3 Å². The number of aromatic nitrogens is 4. The van der Waals surface area contributed by atoms with Gasteiger partial charge in [-0.1, -0.05) is 0 Å². The van der Waals surface area contributed by atoms with Gasteiger partial charge in [0.2, 0.25) is 5.88 Å². The van der Waals surface area contributed by atoms with Gasteiger partial charge in [0.05, 0.1) is 35.3 Å². The van der Waals surface area contributed by atoms with Crippen LogP contribution in [0.5, 0.6) is 11.6 Å². The fourth-order valence-electron chi connectivity index (χ4n) is 5.10. The molecule has 0 unspecified atom stereocenters. The van der Waals surface area contributed by atoms with Gasteiger partial charge in [-0.05, 0) is 68.5 Å². The first-order valence-electron chi connectivity index (χ1n) is 13.4. The van der Waals surface area contributed by atoms with Crippen molar-refractivity contribution in [2.45, 2.75) is 58.0 Å². The molecule has 1 atom stereocenters. The van der Waals surface area contributed by atoms with E-state index in [2.05, 4.69) is 14.5 Å². The number of ether oxygens (including phenoxy) is 3. The van der Waals surface area contributed by atoms with Crippen molar-refractivity contribution >= 4 is 16.8 Å². The van der Waals surface area contributed by atoms with Crippen molar-refractivity contribution in [2.24, 2.45) is 5.92 Å². The Hall–Kier alpha value is -4.36. The average Bonchev–Trinajstić information content (AvgIpc) is 3.25. The van der Waals surface area contributed by atoms with E-state index in [0.29, 0.717) is 23.2 Å². The summed E-state index contributed by atoms with van der Waals surface area (Å²) in [5.74, 6) is 1.70. The molecule has 9 nitrogen and oxygen atoms in total. The molecule has 2 fully saturated rings. The lowest BCUT2D eigenvalue weighted by Crippen LogP contribution is -2.36. The Morgan fingerprint density at radius 3 is 2.77 bits per heavy atom. The highest BCUT2D eigenvalue weighted by molar-refractivity contribution is 5.97. The molecule has 40 heavy (non-hydrogen) atoms. The summed E-state index contributed by atoms with van der Waals surface area (Å²) in [5, 5.41) is 8.88. The lowest BCUT2D eigenvalue weighted by molar-refractivity contribution is -0.0592. The molecule has 1 saturated heterocycles. The number of nitriles is 1. The second-order valence-electron chi connectivity index (χ2n) is 10.3. The quantitative estimate of drug-likeness (QED) is 0.263. The van der Waals surface area contributed by atoms with E-state index in [1.807, 2.05) is 24.3 Å². The average molecular weight is 542 g/mol. The molecule has 6 rings (SSSR count). The monoisotopic (exact) mass is 541 g/mol. The Morgan fingerprint density at radius 2 is 2.05 bits per heavy atom. The van der Waals surface area contributed by atoms with Crippen molar-refractivity contribution in [3.63, 3.8) is 0 Å². The van der Waals surface area contributed by atoms with E-state index < -0.39 is 5.82 Å². The van der Waals surface area contributed by atoms with Crippen LogP contribution in [-0.4, -0.2) is 44.1 Å². The second kappa shape index (κ2) is 11.0. The smallest absolute Gasteiger partial charge is 0.216 e. The fourth-order valence-corrected chi connectivity index (χ4v) is 5.10. The van der Waals surface area contributed by atoms with Gasteiger partial charge >= 0.3 is 0 Å². The maximum atomic E-state index is 14.1. The second-order valence-corrected chi connectivity index (χ2v) is 10.3. The summed E-state index contributed by atoms with van der Waals surface area (Å²) in [5.41, 5.74) is 2.77. The van der Waals surface area contributed by atoms with Gasteiger partial charge in [0, 0.05) is 30.9 Å². The first-order valence-corrected chi connectivity index (χ1v) is 13.4. The number of hydrogen-bond acceptors (Lipinski definition) is 8. The summed E-state index contributed by atoms with van der Waals surface area (Å²) in [6.45, 7) is 3.07. The number of halogens is 1. The van der Waals surface area contributed by atoms with Crippen LogP contribution in [0.25, 0.3) is 11.0 Å². The molecule has 3 heterocycles. The molecule has 2 aromatic carbocycles. The Bertz CT molecular complexity index is 1600. The Balaban J connectivity index is 1.07. The summed E-state index contributed by atoms with van der Waals surface area (Å²) >= 11 is 0. The normalized spacial score (nSPS) is 19.9. The highest BCUT2D eigenvalue weighted by atomic mass is 19.1. The van der Waals surface area contributed by atoms with Gasteiger partial charge in [-0.2, -0.15) is 10.2 Å². The highest BCUT2D eigenvalue weighted by Gasteiger charge is 2.33. The molecular formula is C30H28FN5O4. The molecule has 0 spiro atoms. The third kappa shape index (κ3) is 5.51. The molecule has 0 radical (unpaired) electrons. The number of fused-ring (bicyclic) bond motifs is 1. The number of carbonyl (C=O) groups is 1. The summed E-state index contributed by atoms with van der Waals surface area (Å²) in [7, 11) is 0. The van der Waals surface area contributed by atoms with Crippen LogP contribution in [0.3, 0.4) is 0 Å². The number of ketones is 1. The number of rotatable bonds is 10. The first kappa shape index (κ1) is 25.9. The summed E-state index contributed by atoms with van der Waals surface area (Å²) in [6, 6.07) is 13.3. The van der Waals surface area contributed by atoms with Crippen LogP contribution < -0.4 is 9.47 Å². The Morgan fingerprint density at radius 1 is 1.20 bits per heavy atom. The number of Topliss-reactive ketones (excluding diaryl/α,β-unsaturated/α-hetero) is 1. The molecular weight excluding hydrogens is 513 g/mol. The molecule has 204 valence electrons. The molecule has 1 aliphatic carbocycles. The lowest BCUT2D eigenvalue weighted by Gasteiger charge is -2.35. The van der Waals surface area contributed by atoms with Crippen LogP contribution in [0.2, 0.25) is 0 Å². The van der Waals surface area contributed by atoms with Crippen LogP contribution in [0, 0.1) is 23.1 Å². The van der Waals surface area contributed by atoms with E-state index in [-0.39, 0.29) is 35.9 Å². The van der Waals surface area contributed by atoms with Gasteiger partial charge in [-0.15, -0.1) is 0 Å². The van der Waals surface area contributed by atoms with Crippen molar-refractivity contribution in [1.82, 2.24) is 19.5 Å². The summed E-state index contributed by atoms with van der Waals surface area (Å²) in [6.07, 6.45) is 5.38. The zero-order chi connectivity index (χ0) is 27.6. The van der Waals surface area contributed by atoms with Crippen LogP contribution in [0.4, 0.5) is 4.39 Å². The number of hydrogen-bond donors (Lipinski definition) is 0. The number of benzene rings is 2. The van der Waals surface area contributed by atoms with E-state index >= 15 is 0 Å². The van der Waals surface area contributed by atoms with E-state index in [4.69, 9.17) is 24.5 Å². The third-order valence-corrected chi connectivity index (χ3v) is 7.46. The Kier molecular flexibility index (Phi) is 7.13. The van der Waals surface area contributed by atoms with Gasteiger partial charge < -0.3 is 18.8 Å². The molecule has 0 N–H and O–H groups in total. The van der Waals surface area contributed by atoms with Crippen molar-refractivity contribution in [2.75, 3.05) is 6.61 Å². The van der Waals surface area contributed by atoms with Gasteiger partial charge in [-0.25, -0.2) is 14.4 Å². The summed E-state index contributed by atoms with van der Waals surface area (Å²) in [4.78, 5) is 25.5. The molecule has 2 aliphatic rings. The molecule has 1 aliphatic heterocycles. The molecule has 0 bridgehead atoms. The Labute approximate surface area is 230 Å². The van der Waals surface area contributed by atoms with Gasteiger partial charge in [0.1, 0.15) is 18.5 Å². The number of carbonyl (C=O) groups excluding carboxylic acids is 1. The topological polar surface area (TPSA) is 112 Å². The van der Waals surface area contributed by atoms with E-state index in [1.54, 1.807) is 19.2 Å². The molecule has 4 aromatic rings. The van der Waals surface area contributed by atoms with Gasteiger partial charge in [0.15, 0.2) is 23.2 Å². The van der Waals surface area contributed by atoms with Crippen LogP contribution in [0.1, 0.15) is 53.8 Å². The summed E-state index contributed by atoms with van der Waals surface area (Å²) < 4.78 is 33.6. The van der Waals surface area contributed by atoms with E-state index in [1.165, 1.54) is 12.1 Å². The van der Waals surface area contributed by atoms with E-state index in [9.17, 15) is 9.18 Å². The predicted molar refractivity (Wildman–Crippen MR) is 142 cm³/mol. The fraction of sp³-hybridized carbons (Fsp3) is 0.367. The maximum Gasteiger partial charge on any atom is 0.216 e. The van der Waals surface area contributed by atoms with Crippen LogP contribution in [-0.2, 0) is 24.3 Å². The van der Waals surface area contributed by atoms with Gasteiger partial charge in [0.25, 0.3) is 0 Å². The van der Waals surface area contributed by atoms with Crippen molar-refractivity contribution < 1.29 is 23.4 Å². The molecule has 0 amide bonds. The minimum Gasteiger partial charge on any atom is -0.483 e. The standard InChI is InChI=1S/C30H28FN5O4/c1-18(37)21-3-4-25-26(14-21)36(16-22-7-9-38-22)29(34-25)13-20-10-23(11-20)40-30-6-8-33-28(35-30)17-39-27-5-2-19(15-32)12-24(27)31/h2-6,8,12,14,20,22-23H,7,9-11,13,16-17H2,1H3/t20?,22-,23?/m0/s1. The molecule has 2 aromatic heterocycles. The SMILES string of the molecule is CC(=O)c1ccc2nc(CC3CC(Oc4ccnc(COc5ccc(C#N)cc5F)n4)C3)n(C[C@@H]3CCO3)c2c1. The lowest BCUT2D eigenvalue weighted by atomic mass is 9.80. The zero-order valence-electron chi connectivity index (χ0n) is 22.0. The molecule has 10 heteroatoms. The van der Waals surface area contributed by atoms with Gasteiger partial charge in [-0.3, -0.25) is 4.79 Å². The van der Waals surface area contributed by atoms with E-state index in [0.717, 1.165) is 61.8 Å². The minimum atomic E-state index is -0.611. The number of imidazole rings is 1. The third-order valence-electron chi connectivity index (χ3n) is 7.46. The largest absolute Gasteiger partial charge is 0.483 e. The molecule has 1 saturated carbocycles. The first-order chi connectivity index (χ1) is 19.4. The highest BCUT2D eigenvalue weighted by Crippen LogP contribution is 2.34.